The Morgan fingerprint density at radius 3 is 3.38 bits per heavy atom. The van der Waals surface area contributed by atoms with Gasteiger partial charge in [0, 0.05) is 15.6 Å². The first kappa shape index (κ1) is 4.03. The van der Waals surface area contributed by atoms with Gasteiger partial charge in [-0.3, -0.25) is 0 Å². The van der Waals surface area contributed by atoms with E-state index >= 15 is 0 Å². The lowest BCUT2D eigenvalue weighted by molar-refractivity contribution is 0.645. The van der Waals surface area contributed by atoms with E-state index in [1.807, 2.05) is 0 Å². The highest BCUT2D eigenvalue weighted by molar-refractivity contribution is 6.32. The average molecular weight is 134 g/mol. The molecule has 1 aliphatic heterocycles. The third kappa shape index (κ3) is 2.45. The fourth-order valence-electron chi connectivity index (χ4n) is 0.754. The van der Waals surface area contributed by atoms with Crippen molar-refractivity contribution < 1.29 is 0 Å². The van der Waals surface area contributed by atoms with Crippen LogP contribution in [0.5, 0.6) is 0 Å². The number of hydrogen-bond donors (Lipinski definition) is 2. The van der Waals surface area contributed by atoms with Crippen molar-refractivity contribution in [3.63, 3.8) is 0 Å². The van der Waals surface area contributed by atoms with Crippen molar-refractivity contribution in [2.45, 2.75) is 12.5 Å². The molecule has 2 N–H and O–H groups in total. The van der Waals surface area contributed by atoms with Crippen LogP contribution >= 0.6 is 0 Å². The predicted octanol–water partition coefficient (Wildman–Crippen LogP) is -0.929. The van der Waals surface area contributed by atoms with Gasteiger partial charge in [0.25, 0.3) is 0 Å². The molecule has 0 amide bonds. The summed E-state index contributed by atoms with van der Waals surface area (Å²) in [4.78, 5) is 2.97. The van der Waals surface area contributed by atoms with E-state index < -0.39 is 9.55 Å². The predicted molar refractivity (Wildman–Crippen MR) is 38.8 cm³/mol. The van der Waals surface area contributed by atoms with Crippen molar-refractivity contribution in [1.82, 2.24) is 10.3 Å². The molecule has 0 atom stereocenters. The Morgan fingerprint density at radius 1 is 1.38 bits per heavy atom. The lowest BCUT2D eigenvalue weighted by atomic mass is 10.4. The van der Waals surface area contributed by atoms with Crippen LogP contribution in [0.15, 0.2) is 0 Å². The van der Waals surface area contributed by atoms with E-state index in [0.29, 0.717) is 0 Å². The highest BCUT2D eigenvalue weighted by atomic mass is 28.2. The Hall–Kier alpha value is 0.137. The van der Waals surface area contributed by atoms with E-state index in [1.54, 1.807) is 0 Å². The molecule has 0 aromatic carbocycles. The normalized spacial score (nSPS) is 34.0. The summed E-state index contributed by atoms with van der Waals surface area (Å²) >= 11 is 0. The van der Waals surface area contributed by atoms with Crippen LogP contribution in [0.3, 0.4) is 0 Å². The second-order valence-electron chi connectivity index (χ2n) is 1.96. The molecule has 0 unspecified atom stereocenters. The van der Waals surface area contributed by atoms with Gasteiger partial charge in [-0.2, -0.15) is 0 Å². The Balaban J connectivity index is 2.30. The standard InChI is InChI=1S/C5H14N2Si/c1-2-6-3-4-7-8-5-1/h6-7H,1-5,8H2/i8T2. The highest BCUT2D eigenvalue weighted by Gasteiger charge is 1.93. The Bertz CT molecular complexity index is 99.8. The van der Waals surface area contributed by atoms with Gasteiger partial charge in [0.15, 0.2) is 0 Å². The summed E-state index contributed by atoms with van der Waals surface area (Å²) in [5.74, 6) is 0. The Kier molecular flexibility index (Phi) is 2.05. The van der Waals surface area contributed by atoms with Gasteiger partial charge in [-0.15, -0.1) is 0 Å². The van der Waals surface area contributed by atoms with Crippen LogP contribution in [0.4, 0.5) is 0 Å². The molecule has 0 aliphatic carbocycles. The maximum Gasteiger partial charge on any atom is 0.0917 e. The molecule has 3 heteroatoms. The average Bonchev–Trinajstić information content (AvgIpc) is 1.81. The summed E-state index contributed by atoms with van der Waals surface area (Å²) in [6.45, 7) is 2.68. The molecule has 0 radical (unpaired) electrons. The molecule has 1 heterocycles. The van der Waals surface area contributed by atoms with Gasteiger partial charge >= 0.3 is 0 Å². The lowest BCUT2D eigenvalue weighted by Crippen LogP contribution is -2.33. The first-order chi connectivity index (χ1) is 4.71. The smallest absolute Gasteiger partial charge is 0.0917 e. The van der Waals surface area contributed by atoms with E-state index in [-0.39, 0.29) is 0 Å². The molecule has 0 aromatic rings. The summed E-state index contributed by atoms with van der Waals surface area (Å²) in [5, 5.41) is 3.22. The van der Waals surface area contributed by atoms with Crippen LogP contribution in [-0.4, -0.2) is 31.7 Å². The van der Waals surface area contributed by atoms with Crippen molar-refractivity contribution in [3.8, 4) is 0 Å². The number of hydrogen-bond acceptors (Lipinski definition) is 2. The van der Waals surface area contributed by atoms with Crippen molar-refractivity contribution in [2.75, 3.05) is 19.6 Å². The molecule has 2 nitrogen and oxygen atoms in total. The molecule has 48 valence electrons. The zero-order valence-corrected chi connectivity index (χ0v) is 6.04. The highest BCUT2D eigenvalue weighted by Crippen LogP contribution is 1.85. The molecular weight excluding hydrogens is 116 g/mol. The second-order valence-corrected chi connectivity index (χ2v) is 3.16. The maximum atomic E-state index is 7.53. The topological polar surface area (TPSA) is 24.1 Å². The molecule has 0 saturated carbocycles. The van der Waals surface area contributed by atoms with Crippen molar-refractivity contribution in [2.24, 2.45) is 0 Å². The molecule has 0 bridgehead atoms. The first-order valence-electron chi connectivity index (χ1n) is 4.16. The van der Waals surface area contributed by atoms with E-state index in [9.17, 15) is 0 Å². The molecule has 1 fully saturated rings. The van der Waals surface area contributed by atoms with Gasteiger partial charge in [-0.25, -0.2) is 0 Å². The van der Waals surface area contributed by atoms with Gasteiger partial charge in [-0.05, 0) is 19.0 Å². The van der Waals surface area contributed by atoms with E-state index in [2.05, 4.69) is 10.3 Å². The SMILES string of the molecule is [3H][Si]1([3H])CCCNCCN1. The molecule has 1 aliphatic rings. The van der Waals surface area contributed by atoms with E-state index in [4.69, 9.17) is 2.47 Å². The molecule has 0 spiro atoms. The maximum absolute atomic E-state index is 7.53. The van der Waals surface area contributed by atoms with Crippen molar-refractivity contribution in [3.05, 3.63) is 0 Å². The summed E-state index contributed by atoms with van der Waals surface area (Å²) < 4.78 is 15.1. The van der Waals surface area contributed by atoms with Gasteiger partial charge in [0.1, 0.15) is 0 Å². The zero-order chi connectivity index (χ0) is 7.45. The van der Waals surface area contributed by atoms with Gasteiger partial charge < -0.3 is 10.3 Å². The molecular formula is C5H14N2Si. The Labute approximate surface area is 55.4 Å². The zero-order valence-electron chi connectivity index (χ0n) is 7.04. The third-order valence-electron chi connectivity index (χ3n) is 1.21. The summed E-state index contributed by atoms with van der Waals surface area (Å²) in [6.07, 6.45) is 0.978. The third-order valence-corrected chi connectivity index (χ3v) is 2.31. The fraction of sp³-hybridized carbons (Fsp3) is 1.00. The molecule has 1 saturated heterocycles. The van der Waals surface area contributed by atoms with Crippen LogP contribution in [0.2, 0.25) is 6.04 Å². The quantitative estimate of drug-likeness (QED) is 0.418. The minimum absolute atomic E-state index is 0.750. The summed E-state index contributed by atoms with van der Waals surface area (Å²) in [5.41, 5.74) is 0. The molecule has 8 heavy (non-hydrogen) atoms. The summed E-state index contributed by atoms with van der Waals surface area (Å²) in [6, 6.07) is 0.750. The summed E-state index contributed by atoms with van der Waals surface area (Å²) in [7, 11) is -2.46. The van der Waals surface area contributed by atoms with Crippen LogP contribution < -0.4 is 10.3 Å². The van der Waals surface area contributed by atoms with Crippen molar-refractivity contribution >= 4 is 9.55 Å². The number of rotatable bonds is 0. The fourth-order valence-corrected chi connectivity index (χ4v) is 1.59. The lowest BCUT2D eigenvalue weighted by Gasteiger charge is -2.09. The van der Waals surface area contributed by atoms with Crippen LogP contribution in [0.1, 0.15) is 6.42 Å². The van der Waals surface area contributed by atoms with Gasteiger partial charge in [0.2, 0.25) is 0 Å². The molecule has 0 aromatic heterocycles. The molecule has 1 rings (SSSR count). The van der Waals surface area contributed by atoms with E-state index in [1.165, 1.54) is 0 Å². The van der Waals surface area contributed by atoms with E-state index in [0.717, 1.165) is 32.1 Å². The van der Waals surface area contributed by atoms with Gasteiger partial charge in [-0.1, -0.05) is 0 Å². The van der Waals surface area contributed by atoms with Crippen LogP contribution in [0, 0.1) is 0 Å². The minimum atomic E-state index is -2.46. The largest absolute Gasteiger partial charge is 0.341 e. The van der Waals surface area contributed by atoms with Crippen LogP contribution in [-0.2, 0) is 0 Å². The monoisotopic (exact) mass is 134 g/mol. The second kappa shape index (κ2) is 4.06. The van der Waals surface area contributed by atoms with Crippen molar-refractivity contribution in [1.29, 1.82) is 2.47 Å². The van der Waals surface area contributed by atoms with Gasteiger partial charge in [0.05, 0.1) is 9.55 Å². The Morgan fingerprint density at radius 2 is 2.38 bits per heavy atom. The first-order valence-corrected chi connectivity index (χ1v) is 4.37. The van der Waals surface area contributed by atoms with Crippen LogP contribution in [0.25, 0.3) is 0 Å². The minimum Gasteiger partial charge on any atom is -0.341 e. The number of nitrogens with one attached hydrogen (secondary N) is 2.